The van der Waals surface area contributed by atoms with Gasteiger partial charge in [0.1, 0.15) is 17.3 Å². The SMILES string of the molecule is Oc1ccc2nc(-c3cnnc(C(F)F)c3)n(C3CCC3)c2c1. The molecule has 5 nitrogen and oxygen atoms in total. The Morgan fingerprint density at radius 3 is 2.74 bits per heavy atom. The maximum Gasteiger partial charge on any atom is 0.282 e. The summed E-state index contributed by atoms with van der Waals surface area (Å²) < 4.78 is 27.8. The summed E-state index contributed by atoms with van der Waals surface area (Å²) in [4.78, 5) is 4.57. The monoisotopic (exact) mass is 316 g/mol. The second-order valence-electron chi connectivity index (χ2n) is 5.73. The fraction of sp³-hybridized carbons (Fsp3) is 0.312. The summed E-state index contributed by atoms with van der Waals surface area (Å²) in [6, 6.07) is 6.55. The molecule has 4 rings (SSSR count). The zero-order valence-electron chi connectivity index (χ0n) is 12.2. The summed E-state index contributed by atoms with van der Waals surface area (Å²) in [6.07, 6.45) is 1.91. The third kappa shape index (κ3) is 2.32. The van der Waals surface area contributed by atoms with Gasteiger partial charge in [0.05, 0.1) is 17.2 Å². The van der Waals surface area contributed by atoms with Gasteiger partial charge in [0, 0.05) is 17.7 Å². The Morgan fingerprint density at radius 1 is 1.22 bits per heavy atom. The van der Waals surface area contributed by atoms with Gasteiger partial charge in [-0.05, 0) is 37.5 Å². The first kappa shape index (κ1) is 14.0. The van der Waals surface area contributed by atoms with Crippen molar-refractivity contribution in [1.29, 1.82) is 0 Å². The van der Waals surface area contributed by atoms with Crippen LogP contribution in [0.4, 0.5) is 8.78 Å². The average Bonchev–Trinajstić information content (AvgIpc) is 2.84. The summed E-state index contributed by atoms with van der Waals surface area (Å²) in [5, 5.41) is 16.9. The lowest BCUT2D eigenvalue weighted by atomic mass is 9.92. The lowest BCUT2D eigenvalue weighted by Gasteiger charge is -2.29. The molecule has 0 aliphatic heterocycles. The molecule has 118 valence electrons. The lowest BCUT2D eigenvalue weighted by Crippen LogP contribution is -2.18. The molecule has 1 aliphatic carbocycles. The Balaban J connectivity index is 1.93. The van der Waals surface area contributed by atoms with Gasteiger partial charge in [-0.15, -0.1) is 5.10 Å². The molecular weight excluding hydrogens is 302 g/mol. The summed E-state index contributed by atoms with van der Waals surface area (Å²) in [6.45, 7) is 0. The van der Waals surface area contributed by atoms with E-state index in [-0.39, 0.29) is 17.5 Å². The highest BCUT2D eigenvalue weighted by atomic mass is 19.3. The van der Waals surface area contributed by atoms with E-state index in [4.69, 9.17) is 0 Å². The zero-order chi connectivity index (χ0) is 16.0. The first-order valence-electron chi connectivity index (χ1n) is 7.45. The van der Waals surface area contributed by atoms with Gasteiger partial charge in [-0.2, -0.15) is 5.10 Å². The number of aromatic hydroxyl groups is 1. The van der Waals surface area contributed by atoms with Crippen molar-refractivity contribution in [3.63, 3.8) is 0 Å². The largest absolute Gasteiger partial charge is 0.508 e. The van der Waals surface area contributed by atoms with E-state index in [0.29, 0.717) is 11.4 Å². The van der Waals surface area contributed by atoms with E-state index in [1.807, 2.05) is 4.57 Å². The van der Waals surface area contributed by atoms with Crippen molar-refractivity contribution in [2.75, 3.05) is 0 Å². The quantitative estimate of drug-likeness (QED) is 0.797. The van der Waals surface area contributed by atoms with Gasteiger partial charge in [0.2, 0.25) is 0 Å². The Hall–Kier alpha value is -2.57. The maximum atomic E-state index is 12.9. The second kappa shape index (κ2) is 5.26. The number of benzene rings is 1. The van der Waals surface area contributed by atoms with Gasteiger partial charge in [0.15, 0.2) is 0 Å². The minimum absolute atomic E-state index is 0.158. The second-order valence-corrected chi connectivity index (χ2v) is 5.73. The third-order valence-electron chi connectivity index (χ3n) is 4.27. The van der Waals surface area contributed by atoms with Gasteiger partial charge in [0.25, 0.3) is 6.43 Å². The molecule has 0 bridgehead atoms. The van der Waals surface area contributed by atoms with E-state index in [0.717, 1.165) is 30.3 Å². The van der Waals surface area contributed by atoms with E-state index >= 15 is 0 Å². The van der Waals surface area contributed by atoms with Crippen LogP contribution in [0.2, 0.25) is 0 Å². The maximum absolute atomic E-state index is 12.9. The Labute approximate surface area is 130 Å². The molecule has 1 fully saturated rings. The fourth-order valence-corrected chi connectivity index (χ4v) is 2.91. The van der Waals surface area contributed by atoms with Crippen molar-refractivity contribution in [2.45, 2.75) is 31.7 Å². The summed E-state index contributed by atoms with van der Waals surface area (Å²) in [5.41, 5.74) is 1.68. The molecular formula is C16H14F2N4O. The normalized spacial score (nSPS) is 15.3. The predicted molar refractivity (Wildman–Crippen MR) is 80.3 cm³/mol. The molecule has 0 unspecified atom stereocenters. The smallest absolute Gasteiger partial charge is 0.282 e. The van der Waals surface area contributed by atoms with Crippen LogP contribution >= 0.6 is 0 Å². The minimum Gasteiger partial charge on any atom is -0.508 e. The molecule has 0 amide bonds. The summed E-state index contributed by atoms with van der Waals surface area (Å²) in [5.74, 6) is 0.748. The number of alkyl halides is 2. The fourth-order valence-electron chi connectivity index (χ4n) is 2.91. The number of fused-ring (bicyclic) bond motifs is 1. The number of hydrogen-bond donors (Lipinski definition) is 1. The van der Waals surface area contributed by atoms with Gasteiger partial charge in [-0.25, -0.2) is 13.8 Å². The van der Waals surface area contributed by atoms with Crippen LogP contribution in [0.25, 0.3) is 22.4 Å². The van der Waals surface area contributed by atoms with E-state index < -0.39 is 6.43 Å². The molecule has 2 heterocycles. The van der Waals surface area contributed by atoms with Crippen LogP contribution in [-0.2, 0) is 0 Å². The number of nitrogens with zero attached hydrogens (tertiary/aromatic N) is 4. The van der Waals surface area contributed by atoms with Crippen LogP contribution in [0.1, 0.15) is 37.4 Å². The topological polar surface area (TPSA) is 63.8 Å². The molecule has 0 radical (unpaired) electrons. The highest BCUT2D eigenvalue weighted by molar-refractivity contribution is 5.82. The number of aromatic nitrogens is 4. The number of rotatable bonds is 3. The van der Waals surface area contributed by atoms with Gasteiger partial charge in [-0.1, -0.05) is 0 Å². The van der Waals surface area contributed by atoms with E-state index in [2.05, 4.69) is 15.2 Å². The van der Waals surface area contributed by atoms with Crippen molar-refractivity contribution >= 4 is 11.0 Å². The van der Waals surface area contributed by atoms with Crippen LogP contribution in [0.15, 0.2) is 30.5 Å². The summed E-state index contributed by atoms with van der Waals surface area (Å²) in [7, 11) is 0. The molecule has 0 saturated heterocycles. The van der Waals surface area contributed by atoms with Crippen molar-refractivity contribution in [1.82, 2.24) is 19.7 Å². The standard InChI is InChI=1S/C16H14F2N4O/c17-15(18)13-6-9(8-19-21-13)16-20-12-5-4-11(23)7-14(12)22(16)10-2-1-3-10/h4-8,10,15,23H,1-3H2. The van der Waals surface area contributed by atoms with Crippen LogP contribution in [0, 0.1) is 0 Å². The minimum atomic E-state index is -2.67. The molecule has 0 atom stereocenters. The lowest BCUT2D eigenvalue weighted by molar-refractivity contribution is 0.145. The highest BCUT2D eigenvalue weighted by Crippen LogP contribution is 2.39. The van der Waals surface area contributed by atoms with Crippen molar-refractivity contribution in [2.24, 2.45) is 0 Å². The van der Waals surface area contributed by atoms with Crippen molar-refractivity contribution in [3.8, 4) is 17.1 Å². The molecule has 0 spiro atoms. The average molecular weight is 316 g/mol. The molecule has 1 N–H and O–H groups in total. The molecule has 23 heavy (non-hydrogen) atoms. The predicted octanol–water partition coefficient (Wildman–Crippen LogP) is 3.86. The number of phenols is 1. The highest BCUT2D eigenvalue weighted by Gasteiger charge is 2.26. The molecule has 2 aromatic heterocycles. The molecule has 7 heteroatoms. The van der Waals surface area contributed by atoms with Crippen LogP contribution in [0.5, 0.6) is 5.75 Å². The Kier molecular flexibility index (Phi) is 3.21. The third-order valence-corrected chi connectivity index (χ3v) is 4.27. The Bertz CT molecular complexity index is 874. The van der Waals surface area contributed by atoms with Crippen LogP contribution in [0.3, 0.4) is 0 Å². The summed E-state index contributed by atoms with van der Waals surface area (Å²) >= 11 is 0. The zero-order valence-corrected chi connectivity index (χ0v) is 12.2. The van der Waals surface area contributed by atoms with Gasteiger partial charge < -0.3 is 9.67 Å². The van der Waals surface area contributed by atoms with Gasteiger partial charge >= 0.3 is 0 Å². The van der Waals surface area contributed by atoms with Crippen molar-refractivity contribution in [3.05, 3.63) is 36.2 Å². The number of imidazole rings is 1. The first-order valence-corrected chi connectivity index (χ1v) is 7.45. The van der Waals surface area contributed by atoms with Gasteiger partial charge in [-0.3, -0.25) is 0 Å². The van der Waals surface area contributed by atoms with Crippen LogP contribution in [-0.4, -0.2) is 24.9 Å². The van der Waals surface area contributed by atoms with E-state index in [9.17, 15) is 13.9 Å². The van der Waals surface area contributed by atoms with Crippen molar-refractivity contribution < 1.29 is 13.9 Å². The molecule has 1 saturated carbocycles. The molecule has 1 aliphatic rings. The van der Waals surface area contributed by atoms with E-state index in [1.165, 1.54) is 12.3 Å². The molecule has 3 aromatic rings. The number of phenolic OH excluding ortho intramolecular Hbond substituents is 1. The van der Waals surface area contributed by atoms with E-state index in [1.54, 1.807) is 18.2 Å². The Morgan fingerprint density at radius 2 is 2.04 bits per heavy atom. The first-order chi connectivity index (χ1) is 11.1. The van der Waals surface area contributed by atoms with Crippen LogP contribution < -0.4 is 0 Å². The number of halogens is 2. The molecule has 1 aromatic carbocycles. The number of hydrogen-bond acceptors (Lipinski definition) is 4.